The molecule has 80 valence electrons. The molecule has 0 unspecified atom stereocenters. The van der Waals surface area contributed by atoms with Crippen molar-refractivity contribution in [1.82, 2.24) is 0 Å². The van der Waals surface area contributed by atoms with Crippen molar-refractivity contribution in [2.24, 2.45) is 0 Å². The van der Waals surface area contributed by atoms with Crippen LogP contribution in [0.25, 0.3) is 0 Å². The molecule has 0 amide bonds. The van der Waals surface area contributed by atoms with Gasteiger partial charge in [0, 0.05) is 19.6 Å². The molecule has 0 radical (unpaired) electrons. The Morgan fingerprint density at radius 3 is 2.14 bits per heavy atom. The average molecular weight is 200 g/mol. The lowest BCUT2D eigenvalue weighted by atomic mass is 10.0. The van der Waals surface area contributed by atoms with E-state index >= 15 is 0 Å². The monoisotopic (exact) mass is 200 g/mol. The van der Waals surface area contributed by atoms with Gasteiger partial charge in [0.15, 0.2) is 0 Å². The fourth-order valence-electron chi connectivity index (χ4n) is 1.52. The van der Waals surface area contributed by atoms with E-state index in [0.29, 0.717) is 25.0 Å². The molecule has 0 aromatic carbocycles. The van der Waals surface area contributed by atoms with Crippen LogP contribution in [-0.4, -0.2) is 35.1 Å². The zero-order valence-electron chi connectivity index (χ0n) is 8.07. The third kappa shape index (κ3) is 2.57. The molecule has 0 saturated heterocycles. The van der Waals surface area contributed by atoms with Crippen molar-refractivity contribution in [3.63, 3.8) is 0 Å². The molecular formula is C10H16O4. The smallest absolute Gasteiger partial charge is 0.109 e. The van der Waals surface area contributed by atoms with Crippen molar-refractivity contribution in [3.8, 4) is 0 Å². The van der Waals surface area contributed by atoms with Gasteiger partial charge in [-0.3, -0.25) is 0 Å². The van der Waals surface area contributed by atoms with Crippen LogP contribution >= 0.6 is 0 Å². The summed E-state index contributed by atoms with van der Waals surface area (Å²) in [5.41, 5.74) is 1.85. The van der Waals surface area contributed by atoms with Gasteiger partial charge in [-0.2, -0.15) is 0 Å². The Morgan fingerprint density at radius 2 is 1.57 bits per heavy atom. The van der Waals surface area contributed by atoms with E-state index in [9.17, 15) is 0 Å². The Kier molecular flexibility index (Phi) is 4.65. The van der Waals surface area contributed by atoms with E-state index in [1.165, 1.54) is 0 Å². The first-order valence-corrected chi connectivity index (χ1v) is 4.74. The molecule has 0 spiro atoms. The first-order chi connectivity index (χ1) is 6.83. The normalized spacial score (nSPS) is 10.8. The van der Waals surface area contributed by atoms with Crippen molar-refractivity contribution in [2.75, 3.05) is 19.8 Å². The highest BCUT2D eigenvalue weighted by molar-refractivity contribution is 5.28. The second-order valence-corrected chi connectivity index (χ2v) is 3.08. The molecule has 1 aromatic heterocycles. The molecule has 0 saturated carbocycles. The molecule has 0 bridgehead atoms. The van der Waals surface area contributed by atoms with E-state index in [-0.39, 0.29) is 19.8 Å². The third-order valence-corrected chi connectivity index (χ3v) is 2.15. The molecule has 1 heterocycles. The Bertz CT molecular complexity index is 244. The predicted octanol–water partition coefficient (Wildman–Crippen LogP) is -0.116. The fourth-order valence-corrected chi connectivity index (χ4v) is 1.52. The lowest BCUT2D eigenvalue weighted by Gasteiger charge is -2.01. The summed E-state index contributed by atoms with van der Waals surface area (Å²) in [5, 5.41) is 26.4. The quantitative estimate of drug-likeness (QED) is 0.598. The maximum absolute atomic E-state index is 8.86. The summed E-state index contributed by atoms with van der Waals surface area (Å²) in [6.45, 7) is 0.150. The summed E-state index contributed by atoms with van der Waals surface area (Å²) < 4.78 is 5.26. The highest BCUT2D eigenvalue weighted by Gasteiger charge is 2.11. The molecule has 4 nitrogen and oxygen atoms in total. The number of rotatable bonds is 6. The van der Waals surface area contributed by atoms with E-state index in [2.05, 4.69) is 0 Å². The molecule has 1 rings (SSSR count). The van der Waals surface area contributed by atoms with Crippen LogP contribution in [0.2, 0.25) is 0 Å². The average Bonchev–Trinajstić information content (AvgIpc) is 2.52. The SMILES string of the molecule is OCCc1coc(CCO)c1CCO. The van der Waals surface area contributed by atoms with Crippen molar-refractivity contribution in [2.45, 2.75) is 19.3 Å². The van der Waals surface area contributed by atoms with Crippen LogP contribution in [0, 0.1) is 0 Å². The summed E-state index contributed by atoms with van der Waals surface area (Å²) in [5.74, 6) is 0.713. The Labute approximate surface area is 82.8 Å². The van der Waals surface area contributed by atoms with Crippen LogP contribution in [0.3, 0.4) is 0 Å². The minimum absolute atomic E-state index is 0.0322. The molecule has 14 heavy (non-hydrogen) atoms. The fraction of sp³-hybridized carbons (Fsp3) is 0.600. The van der Waals surface area contributed by atoms with Crippen LogP contribution in [0.5, 0.6) is 0 Å². The zero-order valence-corrected chi connectivity index (χ0v) is 8.07. The summed E-state index contributed by atoms with van der Waals surface area (Å²) in [6.07, 6.45) is 3.10. The minimum Gasteiger partial charge on any atom is -0.469 e. The summed E-state index contributed by atoms with van der Waals surface area (Å²) in [7, 11) is 0. The Morgan fingerprint density at radius 1 is 0.929 bits per heavy atom. The van der Waals surface area contributed by atoms with E-state index in [1.807, 2.05) is 0 Å². The van der Waals surface area contributed by atoms with Gasteiger partial charge in [0.1, 0.15) is 5.76 Å². The topological polar surface area (TPSA) is 73.8 Å². The number of hydrogen-bond donors (Lipinski definition) is 3. The molecule has 0 aliphatic heterocycles. The predicted molar refractivity (Wildman–Crippen MR) is 51.1 cm³/mol. The molecule has 1 aromatic rings. The van der Waals surface area contributed by atoms with Gasteiger partial charge < -0.3 is 19.7 Å². The molecule has 0 atom stereocenters. The van der Waals surface area contributed by atoms with E-state index in [4.69, 9.17) is 19.7 Å². The zero-order chi connectivity index (χ0) is 10.4. The van der Waals surface area contributed by atoms with Gasteiger partial charge in [-0.25, -0.2) is 0 Å². The number of furan rings is 1. The maximum Gasteiger partial charge on any atom is 0.109 e. The lowest BCUT2D eigenvalue weighted by molar-refractivity contribution is 0.282. The van der Waals surface area contributed by atoms with Crippen LogP contribution in [0.15, 0.2) is 10.7 Å². The third-order valence-electron chi connectivity index (χ3n) is 2.15. The first kappa shape index (κ1) is 11.2. The molecule has 0 fully saturated rings. The number of hydrogen-bond acceptors (Lipinski definition) is 4. The van der Waals surface area contributed by atoms with E-state index in [0.717, 1.165) is 11.1 Å². The van der Waals surface area contributed by atoms with Crippen molar-refractivity contribution < 1.29 is 19.7 Å². The second-order valence-electron chi connectivity index (χ2n) is 3.08. The summed E-state index contributed by atoms with van der Waals surface area (Å²) in [6, 6.07) is 0. The van der Waals surface area contributed by atoms with Gasteiger partial charge in [-0.15, -0.1) is 0 Å². The molecule has 0 aliphatic rings. The van der Waals surface area contributed by atoms with Crippen LogP contribution < -0.4 is 0 Å². The van der Waals surface area contributed by atoms with Gasteiger partial charge in [-0.1, -0.05) is 0 Å². The minimum atomic E-state index is 0.0322. The van der Waals surface area contributed by atoms with Gasteiger partial charge in [0.2, 0.25) is 0 Å². The first-order valence-electron chi connectivity index (χ1n) is 4.74. The number of aliphatic hydroxyl groups is 3. The maximum atomic E-state index is 8.86. The molecule has 0 aliphatic carbocycles. The highest BCUT2D eigenvalue weighted by Crippen LogP contribution is 2.19. The largest absolute Gasteiger partial charge is 0.469 e. The molecule has 4 heteroatoms. The van der Waals surface area contributed by atoms with Gasteiger partial charge in [0.05, 0.1) is 12.9 Å². The van der Waals surface area contributed by atoms with E-state index < -0.39 is 0 Å². The second kappa shape index (κ2) is 5.80. The molecular weight excluding hydrogens is 184 g/mol. The van der Waals surface area contributed by atoms with Crippen LogP contribution in [0.4, 0.5) is 0 Å². The standard InChI is InChI=1S/C10H16O4/c11-4-1-8-7-14-10(3-6-13)9(8)2-5-12/h7,11-13H,1-6H2. The van der Waals surface area contributed by atoms with Gasteiger partial charge in [0.25, 0.3) is 0 Å². The van der Waals surface area contributed by atoms with E-state index in [1.54, 1.807) is 6.26 Å². The Hall–Kier alpha value is -0.840. The Balaban J connectivity index is 2.82. The van der Waals surface area contributed by atoms with Gasteiger partial charge in [-0.05, 0) is 24.0 Å². The van der Waals surface area contributed by atoms with Gasteiger partial charge >= 0.3 is 0 Å². The van der Waals surface area contributed by atoms with Crippen molar-refractivity contribution in [1.29, 1.82) is 0 Å². The summed E-state index contributed by atoms with van der Waals surface area (Å²) >= 11 is 0. The van der Waals surface area contributed by atoms with Crippen LogP contribution in [0.1, 0.15) is 16.9 Å². The van der Waals surface area contributed by atoms with Crippen molar-refractivity contribution in [3.05, 3.63) is 23.2 Å². The lowest BCUT2D eigenvalue weighted by Crippen LogP contribution is -2.01. The van der Waals surface area contributed by atoms with Crippen molar-refractivity contribution >= 4 is 0 Å². The molecule has 3 N–H and O–H groups in total. The highest BCUT2D eigenvalue weighted by atomic mass is 16.3. The summed E-state index contributed by atoms with van der Waals surface area (Å²) in [4.78, 5) is 0. The number of aliphatic hydroxyl groups excluding tert-OH is 3. The van der Waals surface area contributed by atoms with Crippen LogP contribution in [-0.2, 0) is 19.3 Å².